The third-order valence-electron chi connectivity index (χ3n) is 2.01. The van der Waals surface area contributed by atoms with Crippen molar-refractivity contribution in [2.75, 3.05) is 0 Å². The molecule has 0 aliphatic carbocycles. The van der Waals surface area contributed by atoms with Gasteiger partial charge in [-0.15, -0.1) is 0 Å². The summed E-state index contributed by atoms with van der Waals surface area (Å²) in [6.07, 6.45) is 4.19. The molecule has 72 valence electrons. The number of hydrogen-bond donors (Lipinski definition) is 0. The van der Waals surface area contributed by atoms with Crippen molar-refractivity contribution in [3.05, 3.63) is 35.5 Å². The van der Waals surface area contributed by atoms with E-state index in [4.69, 9.17) is 4.52 Å². The highest BCUT2D eigenvalue weighted by atomic mass is 16.5. The van der Waals surface area contributed by atoms with Gasteiger partial charge in [-0.2, -0.15) is 5.10 Å². The lowest BCUT2D eigenvalue weighted by Gasteiger charge is -1.98. The Hall–Kier alpha value is -1.91. The van der Waals surface area contributed by atoms with E-state index >= 15 is 0 Å². The zero-order valence-corrected chi connectivity index (χ0v) is 7.67. The molecule has 0 saturated heterocycles. The second-order valence-electron chi connectivity index (χ2n) is 2.92. The minimum atomic E-state index is 0.345. The largest absolute Gasteiger partial charge is 0.361 e. The van der Waals surface area contributed by atoms with E-state index in [2.05, 4.69) is 10.3 Å². The molecule has 0 N–H and O–H groups in total. The molecule has 0 bridgehead atoms. The highest BCUT2D eigenvalue weighted by Gasteiger charge is 2.12. The molecule has 0 amide bonds. The van der Waals surface area contributed by atoms with Crippen LogP contribution in [0.15, 0.2) is 23.0 Å². The molecule has 14 heavy (non-hydrogen) atoms. The van der Waals surface area contributed by atoms with Gasteiger partial charge >= 0.3 is 0 Å². The first-order valence-electron chi connectivity index (χ1n) is 4.19. The molecular formula is C9H9N3O2. The van der Waals surface area contributed by atoms with Gasteiger partial charge in [-0.1, -0.05) is 5.16 Å². The molecule has 2 aromatic heterocycles. The van der Waals surface area contributed by atoms with Gasteiger partial charge in [0.1, 0.15) is 5.76 Å². The van der Waals surface area contributed by atoms with Gasteiger partial charge in [0.2, 0.25) is 0 Å². The highest BCUT2D eigenvalue weighted by molar-refractivity contribution is 5.74. The van der Waals surface area contributed by atoms with Crippen LogP contribution in [-0.4, -0.2) is 21.2 Å². The van der Waals surface area contributed by atoms with Gasteiger partial charge in [0.05, 0.1) is 6.54 Å². The van der Waals surface area contributed by atoms with Crippen LogP contribution in [0.25, 0.3) is 0 Å². The van der Waals surface area contributed by atoms with Crippen molar-refractivity contribution < 1.29 is 9.32 Å². The molecule has 2 heterocycles. The van der Waals surface area contributed by atoms with Crippen LogP contribution < -0.4 is 0 Å². The Morgan fingerprint density at radius 2 is 2.50 bits per heavy atom. The van der Waals surface area contributed by atoms with Gasteiger partial charge in [-0.25, -0.2) is 0 Å². The molecular weight excluding hydrogens is 182 g/mol. The highest BCUT2D eigenvalue weighted by Crippen LogP contribution is 2.12. The molecule has 0 aromatic carbocycles. The summed E-state index contributed by atoms with van der Waals surface area (Å²) in [5, 5.41) is 7.67. The van der Waals surface area contributed by atoms with Gasteiger partial charge < -0.3 is 4.52 Å². The van der Waals surface area contributed by atoms with Crippen LogP contribution in [0, 0.1) is 6.92 Å². The molecule has 5 heteroatoms. The number of aromatic nitrogens is 3. The second kappa shape index (κ2) is 3.45. The summed E-state index contributed by atoms with van der Waals surface area (Å²) in [5.74, 6) is 0.655. The lowest BCUT2D eigenvalue weighted by Crippen LogP contribution is -2.02. The monoisotopic (exact) mass is 191 g/mol. The first kappa shape index (κ1) is 8.68. The number of hydrogen-bond acceptors (Lipinski definition) is 4. The van der Waals surface area contributed by atoms with Gasteiger partial charge in [-0.05, 0) is 13.0 Å². The van der Waals surface area contributed by atoms with Crippen LogP contribution in [0.5, 0.6) is 0 Å². The molecule has 0 radical (unpaired) electrons. The number of aldehydes is 1. The van der Waals surface area contributed by atoms with Crippen LogP contribution in [0.4, 0.5) is 0 Å². The molecule has 2 aromatic rings. The Labute approximate surface area is 80.3 Å². The van der Waals surface area contributed by atoms with E-state index in [-0.39, 0.29) is 0 Å². The first-order chi connectivity index (χ1) is 6.81. The number of carbonyl (C=O) groups excluding carboxylic acids is 1. The maximum absolute atomic E-state index is 10.6. The van der Waals surface area contributed by atoms with Crippen LogP contribution >= 0.6 is 0 Å². The quantitative estimate of drug-likeness (QED) is 0.680. The molecule has 5 nitrogen and oxygen atoms in total. The zero-order valence-electron chi connectivity index (χ0n) is 7.67. The number of aryl methyl sites for hydroxylation is 1. The van der Waals surface area contributed by atoms with Gasteiger partial charge in [0, 0.05) is 18.0 Å². The minimum absolute atomic E-state index is 0.345. The maximum atomic E-state index is 10.6. The van der Waals surface area contributed by atoms with Crippen LogP contribution in [0.2, 0.25) is 0 Å². The van der Waals surface area contributed by atoms with E-state index in [9.17, 15) is 4.79 Å². The van der Waals surface area contributed by atoms with Crippen molar-refractivity contribution in [3.63, 3.8) is 0 Å². The predicted molar refractivity (Wildman–Crippen MR) is 48.0 cm³/mol. The Kier molecular flexibility index (Phi) is 2.14. The fourth-order valence-electron chi connectivity index (χ4n) is 1.25. The standard InChI is InChI=1S/C9H9N3O2/c1-7-8(9(6-13)11-14-7)5-12-4-2-3-10-12/h2-4,6H,5H2,1H3. The number of rotatable bonds is 3. The van der Waals surface area contributed by atoms with Crippen molar-refractivity contribution in [2.45, 2.75) is 13.5 Å². The lowest BCUT2D eigenvalue weighted by molar-refractivity contribution is 0.111. The normalized spacial score (nSPS) is 10.4. The van der Waals surface area contributed by atoms with Gasteiger partial charge in [0.15, 0.2) is 12.0 Å². The van der Waals surface area contributed by atoms with Crippen molar-refractivity contribution in [1.29, 1.82) is 0 Å². The van der Waals surface area contributed by atoms with E-state index in [1.54, 1.807) is 17.8 Å². The summed E-state index contributed by atoms with van der Waals surface area (Å²) in [4.78, 5) is 10.6. The SMILES string of the molecule is Cc1onc(C=O)c1Cn1cccn1. The van der Waals surface area contributed by atoms with Gasteiger partial charge in [-0.3, -0.25) is 9.48 Å². The average molecular weight is 191 g/mol. The molecule has 0 aliphatic rings. The Morgan fingerprint density at radius 1 is 1.64 bits per heavy atom. The Balaban J connectivity index is 2.32. The van der Waals surface area contributed by atoms with Crippen LogP contribution in [-0.2, 0) is 6.54 Å². The summed E-state index contributed by atoms with van der Waals surface area (Å²) in [6.45, 7) is 2.29. The fourth-order valence-corrected chi connectivity index (χ4v) is 1.25. The smallest absolute Gasteiger partial charge is 0.172 e. The summed E-state index contributed by atoms with van der Waals surface area (Å²) in [7, 11) is 0. The van der Waals surface area contributed by atoms with Crippen LogP contribution in [0.3, 0.4) is 0 Å². The molecule has 0 atom stereocenters. The van der Waals surface area contributed by atoms with Crippen molar-refractivity contribution in [2.24, 2.45) is 0 Å². The summed E-state index contributed by atoms with van der Waals surface area (Å²) >= 11 is 0. The topological polar surface area (TPSA) is 60.9 Å². The van der Waals surface area contributed by atoms with E-state index < -0.39 is 0 Å². The molecule has 0 unspecified atom stereocenters. The molecule has 0 fully saturated rings. The van der Waals surface area contributed by atoms with Crippen LogP contribution in [0.1, 0.15) is 21.8 Å². The average Bonchev–Trinajstić information content (AvgIpc) is 2.79. The summed E-state index contributed by atoms with van der Waals surface area (Å²) < 4.78 is 6.63. The molecule has 2 rings (SSSR count). The van der Waals surface area contributed by atoms with Gasteiger partial charge in [0.25, 0.3) is 0 Å². The predicted octanol–water partition coefficient (Wildman–Crippen LogP) is 1.04. The summed E-state index contributed by atoms with van der Waals surface area (Å²) in [6, 6.07) is 1.82. The van der Waals surface area contributed by atoms with E-state index in [1.807, 2.05) is 12.3 Å². The lowest BCUT2D eigenvalue weighted by atomic mass is 10.2. The second-order valence-corrected chi connectivity index (χ2v) is 2.92. The fraction of sp³-hybridized carbons (Fsp3) is 0.222. The van der Waals surface area contributed by atoms with E-state index in [0.29, 0.717) is 24.3 Å². The molecule has 0 aliphatic heterocycles. The third-order valence-corrected chi connectivity index (χ3v) is 2.01. The third kappa shape index (κ3) is 1.44. The van der Waals surface area contributed by atoms with Crippen molar-refractivity contribution >= 4 is 6.29 Å². The number of carbonyl (C=O) groups is 1. The van der Waals surface area contributed by atoms with Crippen molar-refractivity contribution in [3.8, 4) is 0 Å². The van der Waals surface area contributed by atoms with Crippen molar-refractivity contribution in [1.82, 2.24) is 14.9 Å². The number of nitrogens with zero attached hydrogens (tertiary/aromatic N) is 3. The van der Waals surface area contributed by atoms with E-state index in [0.717, 1.165) is 5.56 Å². The molecule has 0 saturated carbocycles. The Bertz CT molecular complexity index is 431. The zero-order chi connectivity index (χ0) is 9.97. The molecule has 0 spiro atoms. The first-order valence-corrected chi connectivity index (χ1v) is 4.19. The maximum Gasteiger partial charge on any atom is 0.172 e. The minimum Gasteiger partial charge on any atom is -0.361 e. The van der Waals surface area contributed by atoms with E-state index in [1.165, 1.54) is 0 Å². The summed E-state index contributed by atoms with van der Waals surface area (Å²) in [5.41, 5.74) is 1.13. The Morgan fingerprint density at radius 3 is 3.14 bits per heavy atom.